The number of hydrogen-bond acceptors (Lipinski definition) is 2. The molecule has 3 nitrogen and oxygen atoms in total. The third kappa shape index (κ3) is 4.25. The number of hydrogen-bond donors (Lipinski definition) is 1. The molecule has 0 aliphatic carbocycles. The molecule has 0 radical (unpaired) electrons. The van der Waals surface area contributed by atoms with Crippen molar-refractivity contribution in [1.29, 1.82) is 0 Å². The summed E-state index contributed by atoms with van der Waals surface area (Å²) in [6.07, 6.45) is 4.79. The van der Waals surface area contributed by atoms with Crippen molar-refractivity contribution in [3.8, 4) is 0 Å². The largest absolute Gasteiger partial charge is 0.359 e. The van der Waals surface area contributed by atoms with Crippen molar-refractivity contribution < 1.29 is 4.79 Å². The van der Waals surface area contributed by atoms with E-state index < -0.39 is 0 Å². The summed E-state index contributed by atoms with van der Waals surface area (Å²) >= 11 is 0. The molecule has 1 aromatic rings. The zero-order chi connectivity index (χ0) is 8.81. The highest BCUT2D eigenvalue weighted by Crippen LogP contribution is 1.99. The van der Waals surface area contributed by atoms with E-state index in [9.17, 15) is 4.79 Å². The van der Waals surface area contributed by atoms with Crippen molar-refractivity contribution in [2.45, 2.75) is 20.3 Å². The van der Waals surface area contributed by atoms with Crippen LogP contribution in [0, 0.1) is 0 Å². The number of aromatic nitrogens is 1. The molecule has 0 saturated carbocycles. The summed E-state index contributed by atoms with van der Waals surface area (Å²) in [5.74, 6) is 0.0684. The number of carbonyl (C=O) groups excluding carboxylic acids is 1. The van der Waals surface area contributed by atoms with Gasteiger partial charge in [-0.25, -0.2) is 0 Å². The van der Waals surface area contributed by atoms with Crippen molar-refractivity contribution in [3.05, 3.63) is 30.1 Å². The lowest BCUT2D eigenvalue weighted by molar-refractivity contribution is -0.120. The number of rotatable bonds is 3. The van der Waals surface area contributed by atoms with E-state index in [1.165, 1.54) is 0 Å². The Kier molecular flexibility index (Phi) is 5.52. The molecule has 1 rings (SSSR count). The Morgan fingerprint density at radius 1 is 1.62 bits per heavy atom. The fourth-order valence-electron chi connectivity index (χ4n) is 0.929. The third-order valence-electron chi connectivity index (χ3n) is 1.64. The number of pyridine rings is 1. The molecule has 0 aliphatic heterocycles. The predicted octanol–water partition coefficient (Wildman–Crippen LogP) is 1.40. The molecule has 0 bridgehead atoms. The first-order valence-corrected chi connectivity index (χ1v) is 3.92. The highest BCUT2D eigenvalue weighted by molar-refractivity contribution is 5.75. The smallest absolute Gasteiger partial charge is 0.220 e. The summed E-state index contributed by atoms with van der Waals surface area (Å²) < 4.78 is 0. The fourth-order valence-corrected chi connectivity index (χ4v) is 0.929. The van der Waals surface area contributed by atoms with E-state index in [4.69, 9.17) is 0 Å². The summed E-state index contributed by atoms with van der Waals surface area (Å²) in [5, 5.41) is 2.58. The van der Waals surface area contributed by atoms with Gasteiger partial charge in [-0.1, -0.05) is 13.5 Å². The van der Waals surface area contributed by atoms with Gasteiger partial charge in [0.1, 0.15) is 0 Å². The minimum atomic E-state index is 0. The van der Waals surface area contributed by atoms with E-state index in [0.717, 1.165) is 12.0 Å². The highest BCUT2D eigenvalue weighted by Gasteiger charge is 1.98. The molecule has 3 heteroatoms. The first-order chi connectivity index (χ1) is 5.83. The molecule has 0 aliphatic rings. The standard InChI is InChI=1S/C9H12N2O.CH4/c1-10-9(12)5-4-8-3-2-6-11-7-8;/h2-3,6-7H,4-5H2,1H3,(H,10,12);1H4. The van der Waals surface area contributed by atoms with Gasteiger partial charge in [-0.2, -0.15) is 0 Å². The number of nitrogens with zero attached hydrogens (tertiary/aromatic N) is 1. The Labute approximate surface area is 79.2 Å². The number of carbonyl (C=O) groups is 1. The molecular weight excluding hydrogens is 164 g/mol. The van der Waals surface area contributed by atoms with Gasteiger partial charge in [0, 0.05) is 25.9 Å². The summed E-state index contributed by atoms with van der Waals surface area (Å²) in [4.78, 5) is 14.8. The second-order valence-electron chi connectivity index (χ2n) is 2.53. The zero-order valence-electron chi connectivity index (χ0n) is 7.08. The fraction of sp³-hybridized carbons (Fsp3) is 0.400. The van der Waals surface area contributed by atoms with Crippen LogP contribution in [0.2, 0.25) is 0 Å². The Hall–Kier alpha value is -1.38. The molecule has 72 valence electrons. The van der Waals surface area contributed by atoms with Gasteiger partial charge in [0.05, 0.1) is 0 Å². The number of amides is 1. The van der Waals surface area contributed by atoms with Gasteiger partial charge in [-0.15, -0.1) is 0 Å². The average molecular weight is 180 g/mol. The van der Waals surface area contributed by atoms with E-state index in [1.807, 2.05) is 12.1 Å². The van der Waals surface area contributed by atoms with Crippen molar-refractivity contribution in [3.63, 3.8) is 0 Å². The maximum absolute atomic E-state index is 10.9. The van der Waals surface area contributed by atoms with E-state index in [0.29, 0.717) is 6.42 Å². The van der Waals surface area contributed by atoms with Gasteiger partial charge < -0.3 is 5.32 Å². The molecule has 1 N–H and O–H groups in total. The molecular formula is C10H16N2O. The van der Waals surface area contributed by atoms with Gasteiger partial charge in [0.2, 0.25) is 5.91 Å². The second kappa shape index (κ2) is 6.17. The SMILES string of the molecule is C.CNC(=O)CCc1cccnc1. The van der Waals surface area contributed by atoms with Crippen LogP contribution in [0.15, 0.2) is 24.5 Å². The van der Waals surface area contributed by atoms with Gasteiger partial charge >= 0.3 is 0 Å². The van der Waals surface area contributed by atoms with Crippen LogP contribution in [-0.4, -0.2) is 17.9 Å². The zero-order valence-corrected chi connectivity index (χ0v) is 7.08. The Bertz CT molecular complexity index is 246. The Morgan fingerprint density at radius 2 is 2.38 bits per heavy atom. The van der Waals surface area contributed by atoms with E-state index in [1.54, 1.807) is 19.4 Å². The molecule has 0 fully saturated rings. The van der Waals surface area contributed by atoms with Crippen LogP contribution < -0.4 is 5.32 Å². The van der Waals surface area contributed by atoms with Crippen LogP contribution in [0.25, 0.3) is 0 Å². The topological polar surface area (TPSA) is 42.0 Å². The van der Waals surface area contributed by atoms with E-state index in [2.05, 4.69) is 10.3 Å². The molecule has 1 amide bonds. The maximum atomic E-state index is 10.9. The summed E-state index contributed by atoms with van der Waals surface area (Å²) in [6, 6.07) is 3.84. The van der Waals surface area contributed by atoms with Crippen LogP contribution in [-0.2, 0) is 11.2 Å². The molecule has 0 aromatic carbocycles. The molecule has 0 saturated heterocycles. The maximum Gasteiger partial charge on any atom is 0.220 e. The number of nitrogens with one attached hydrogen (secondary N) is 1. The molecule has 0 spiro atoms. The third-order valence-corrected chi connectivity index (χ3v) is 1.64. The lowest BCUT2D eigenvalue weighted by Crippen LogP contribution is -2.17. The van der Waals surface area contributed by atoms with Crippen LogP contribution in [0.5, 0.6) is 0 Å². The quantitative estimate of drug-likeness (QED) is 0.764. The van der Waals surface area contributed by atoms with Crippen LogP contribution in [0.3, 0.4) is 0 Å². The van der Waals surface area contributed by atoms with Crippen LogP contribution >= 0.6 is 0 Å². The summed E-state index contributed by atoms with van der Waals surface area (Å²) in [6.45, 7) is 0. The monoisotopic (exact) mass is 180 g/mol. The first kappa shape index (κ1) is 11.6. The molecule has 0 unspecified atom stereocenters. The first-order valence-electron chi connectivity index (χ1n) is 3.92. The Balaban J connectivity index is 0.00000144. The van der Waals surface area contributed by atoms with E-state index >= 15 is 0 Å². The Morgan fingerprint density at radius 3 is 2.92 bits per heavy atom. The number of aryl methyl sites for hydroxylation is 1. The van der Waals surface area contributed by atoms with Gasteiger partial charge in [0.25, 0.3) is 0 Å². The predicted molar refractivity (Wildman–Crippen MR) is 53.4 cm³/mol. The van der Waals surface area contributed by atoms with Crippen molar-refractivity contribution >= 4 is 5.91 Å². The van der Waals surface area contributed by atoms with Crippen molar-refractivity contribution in [2.75, 3.05) is 7.05 Å². The lowest BCUT2D eigenvalue weighted by Gasteiger charge is -1.98. The normalized spacial score (nSPS) is 8.69. The van der Waals surface area contributed by atoms with Crippen LogP contribution in [0.4, 0.5) is 0 Å². The lowest BCUT2D eigenvalue weighted by atomic mass is 10.1. The second-order valence-corrected chi connectivity index (χ2v) is 2.53. The molecule has 13 heavy (non-hydrogen) atoms. The average Bonchev–Trinajstić information content (AvgIpc) is 2.16. The van der Waals surface area contributed by atoms with Crippen molar-refractivity contribution in [1.82, 2.24) is 10.3 Å². The summed E-state index contributed by atoms with van der Waals surface area (Å²) in [5.41, 5.74) is 1.10. The van der Waals surface area contributed by atoms with Gasteiger partial charge in [-0.3, -0.25) is 9.78 Å². The van der Waals surface area contributed by atoms with Crippen molar-refractivity contribution in [2.24, 2.45) is 0 Å². The molecule has 1 heterocycles. The van der Waals surface area contributed by atoms with Gasteiger partial charge in [0.15, 0.2) is 0 Å². The van der Waals surface area contributed by atoms with E-state index in [-0.39, 0.29) is 13.3 Å². The summed E-state index contributed by atoms with van der Waals surface area (Å²) in [7, 11) is 1.64. The molecule has 1 aromatic heterocycles. The van der Waals surface area contributed by atoms with Gasteiger partial charge in [-0.05, 0) is 18.1 Å². The van der Waals surface area contributed by atoms with Crippen LogP contribution in [0.1, 0.15) is 19.4 Å². The minimum absolute atomic E-state index is 0. The molecule has 0 atom stereocenters. The highest BCUT2D eigenvalue weighted by atomic mass is 16.1. The minimum Gasteiger partial charge on any atom is -0.359 e.